The summed E-state index contributed by atoms with van der Waals surface area (Å²) < 4.78 is 5.88. The van der Waals surface area contributed by atoms with E-state index in [0.717, 1.165) is 62.3 Å². The van der Waals surface area contributed by atoms with Crippen molar-refractivity contribution in [2.24, 2.45) is 5.92 Å². The molecule has 170 valence electrons. The van der Waals surface area contributed by atoms with Crippen LogP contribution in [-0.4, -0.2) is 71.9 Å². The van der Waals surface area contributed by atoms with Crippen LogP contribution in [0, 0.1) is 5.92 Å². The molecule has 0 atom stereocenters. The number of amides is 2. The molecule has 1 saturated heterocycles. The van der Waals surface area contributed by atoms with E-state index in [-0.39, 0.29) is 17.7 Å². The average Bonchev–Trinajstić information content (AvgIpc) is 3.65. The second-order valence-corrected chi connectivity index (χ2v) is 9.21. The van der Waals surface area contributed by atoms with Gasteiger partial charge in [-0.05, 0) is 43.7 Å². The molecule has 2 heterocycles. The molecule has 1 aromatic rings. The fourth-order valence-electron chi connectivity index (χ4n) is 4.93. The van der Waals surface area contributed by atoms with Crippen molar-refractivity contribution in [1.29, 1.82) is 0 Å². The highest BCUT2D eigenvalue weighted by atomic mass is 16.5. The van der Waals surface area contributed by atoms with Crippen LogP contribution in [0.5, 0.6) is 5.75 Å². The van der Waals surface area contributed by atoms with Crippen LogP contribution in [0.3, 0.4) is 0 Å². The van der Waals surface area contributed by atoms with E-state index in [9.17, 15) is 9.59 Å². The smallest absolute Gasteiger partial charge is 0.226 e. The molecule has 2 fully saturated rings. The molecule has 1 saturated carbocycles. The van der Waals surface area contributed by atoms with Gasteiger partial charge in [0.1, 0.15) is 12.4 Å². The van der Waals surface area contributed by atoms with Gasteiger partial charge in [0.25, 0.3) is 0 Å². The van der Waals surface area contributed by atoms with E-state index in [2.05, 4.69) is 30.9 Å². The zero-order chi connectivity index (χ0) is 21.8. The number of fused-ring (bicyclic) bond motifs is 1. The van der Waals surface area contributed by atoms with E-state index in [0.29, 0.717) is 32.2 Å². The molecule has 2 amide bonds. The zero-order valence-electron chi connectivity index (χ0n) is 19.1. The Morgan fingerprint density at radius 1 is 1.03 bits per heavy atom. The standard InChI is InChI=1S/C25H37N3O3/c1-3-22(4-2)26-11-13-27(14-12-26)24(29)10-6-19-5-9-23-21(17-19)18-28(15-16-31-23)25(30)20-7-8-20/h5,9,17,20,22H,3-4,6-8,10-16,18H2,1-2H3. The number of ether oxygens (including phenoxy) is 1. The highest BCUT2D eigenvalue weighted by Crippen LogP contribution is 2.33. The van der Waals surface area contributed by atoms with E-state index >= 15 is 0 Å². The van der Waals surface area contributed by atoms with Crippen molar-refractivity contribution in [3.05, 3.63) is 29.3 Å². The second kappa shape index (κ2) is 10.0. The first-order valence-corrected chi connectivity index (χ1v) is 12.1. The van der Waals surface area contributed by atoms with Gasteiger partial charge in [0, 0.05) is 56.7 Å². The molecule has 0 aromatic heterocycles. The van der Waals surface area contributed by atoms with Gasteiger partial charge in [0.15, 0.2) is 0 Å². The predicted molar refractivity (Wildman–Crippen MR) is 121 cm³/mol. The molecular formula is C25H37N3O3. The summed E-state index contributed by atoms with van der Waals surface area (Å²) in [6.45, 7) is 9.96. The normalized spacial score (nSPS) is 19.7. The lowest BCUT2D eigenvalue weighted by molar-refractivity contribution is -0.134. The van der Waals surface area contributed by atoms with Gasteiger partial charge in [0.2, 0.25) is 11.8 Å². The third kappa shape index (κ3) is 5.40. The van der Waals surface area contributed by atoms with Crippen LogP contribution in [-0.2, 0) is 22.6 Å². The summed E-state index contributed by atoms with van der Waals surface area (Å²) in [5.41, 5.74) is 2.21. The Labute approximate surface area is 186 Å². The van der Waals surface area contributed by atoms with Gasteiger partial charge in [-0.2, -0.15) is 0 Å². The molecule has 31 heavy (non-hydrogen) atoms. The molecule has 1 aromatic carbocycles. The minimum atomic E-state index is 0.229. The lowest BCUT2D eigenvalue weighted by atomic mass is 10.0. The molecule has 3 aliphatic rings. The first-order valence-electron chi connectivity index (χ1n) is 12.1. The SMILES string of the molecule is CCC(CC)N1CCN(C(=O)CCc2ccc3c(c2)CN(C(=O)C2CC2)CCO3)CC1. The molecule has 1 aliphatic carbocycles. The fraction of sp³-hybridized carbons (Fsp3) is 0.680. The number of benzene rings is 1. The largest absolute Gasteiger partial charge is 0.491 e. The molecule has 0 radical (unpaired) electrons. The van der Waals surface area contributed by atoms with Gasteiger partial charge >= 0.3 is 0 Å². The Morgan fingerprint density at radius 3 is 2.45 bits per heavy atom. The second-order valence-electron chi connectivity index (χ2n) is 9.21. The lowest BCUT2D eigenvalue weighted by Gasteiger charge is -2.39. The van der Waals surface area contributed by atoms with Gasteiger partial charge in [-0.1, -0.05) is 26.0 Å². The van der Waals surface area contributed by atoms with Crippen molar-refractivity contribution < 1.29 is 14.3 Å². The Balaban J connectivity index is 1.30. The first kappa shape index (κ1) is 22.1. The Bertz CT molecular complexity index is 780. The summed E-state index contributed by atoms with van der Waals surface area (Å²) in [5.74, 6) is 1.62. The van der Waals surface area contributed by atoms with Crippen LogP contribution >= 0.6 is 0 Å². The van der Waals surface area contributed by atoms with Gasteiger partial charge < -0.3 is 14.5 Å². The molecular weight excluding hydrogens is 390 g/mol. The molecule has 0 N–H and O–H groups in total. The van der Waals surface area contributed by atoms with Crippen LogP contribution in [0.25, 0.3) is 0 Å². The van der Waals surface area contributed by atoms with E-state index < -0.39 is 0 Å². The summed E-state index contributed by atoms with van der Waals surface area (Å²) >= 11 is 0. The molecule has 2 aliphatic heterocycles. The van der Waals surface area contributed by atoms with Crippen LogP contribution in [0.4, 0.5) is 0 Å². The molecule has 0 spiro atoms. The Hall–Kier alpha value is -2.08. The zero-order valence-corrected chi connectivity index (χ0v) is 19.1. The number of nitrogens with zero attached hydrogens (tertiary/aromatic N) is 3. The van der Waals surface area contributed by atoms with Crippen LogP contribution in [0.2, 0.25) is 0 Å². The van der Waals surface area contributed by atoms with Gasteiger partial charge in [-0.15, -0.1) is 0 Å². The number of hydrogen-bond donors (Lipinski definition) is 0. The Kier molecular flexibility index (Phi) is 7.16. The summed E-state index contributed by atoms with van der Waals surface area (Å²) in [4.78, 5) is 31.8. The summed E-state index contributed by atoms with van der Waals surface area (Å²) in [6, 6.07) is 6.85. The quantitative estimate of drug-likeness (QED) is 0.671. The van der Waals surface area contributed by atoms with Gasteiger partial charge in [-0.3, -0.25) is 14.5 Å². The van der Waals surface area contributed by atoms with Crippen molar-refractivity contribution in [3.8, 4) is 5.75 Å². The van der Waals surface area contributed by atoms with Gasteiger partial charge in [-0.25, -0.2) is 0 Å². The maximum atomic E-state index is 12.8. The first-order chi connectivity index (χ1) is 15.1. The number of hydrogen-bond acceptors (Lipinski definition) is 4. The van der Waals surface area contributed by atoms with Crippen molar-refractivity contribution in [2.75, 3.05) is 39.3 Å². The summed E-state index contributed by atoms with van der Waals surface area (Å²) in [5, 5.41) is 0. The van der Waals surface area contributed by atoms with E-state index in [1.807, 2.05) is 15.9 Å². The highest BCUT2D eigenvalue weighted by molar-refractivity contribution is 5.81. The number of carbonyl (C=O) groups is 2. The Morgan fingerprint density at radius 2 is 1.77 bits per heavy atom. The monoisotopic (exact) mass is 427 g/mol. The van der Waals surface area contributed by atoms with E-state index in [4.69, 9.17) is 4.74 Å². The predicted octanol–water partition coefficient (Wildman–Crippen LogP) is 3.08. The fourth-order valence-corrected chi connectivity index (χ4v) is 4.93. The lowest BCUT2D eigenvalue weighted by Crippen LogP contribution is -2.51. The van der Waals surface area contributed by atoms with E-state index in [1.165, 1.54) is 12.8 Å². The van der Waals surface area contributed by atoms with Crippen molar-refractivity contribution in [2.45, 2.75) is 65.0 Å². The molecule has 0 bridgehead atoms. The van der Waals surface area contributed by atoms with Crippen molar-refractivity contribution in [1.82, 2.24) is 14.7 Å². The molecule has 6 heteroatoms. The third-order valence-electron chi connectivity index (χ3n) is 7.10. The number of aryl methyl sites for hydroxylation is 1. The summed E-state index contributed by atoms with van der Waals surface area (Å²) in [6.07, 6.45) is 5.67. The number of rotatable bonds is 7. The molecule has 0 unspecified atom stereocenters. The third-order valence-corrected chi connectivity index (χ3v) is 7.10. The van der Waals surface area contributed by atoms with Gasteiger partial charge in [0.05, 0.1) is 6.54 Å². The minimum Gasteiger partial charge on any atom is -0.491 e. The maximum absolute atomic E-state index is 12.8. The summed E-state index contributed by atoms with van der Waals surface area (Å²) in [7, 11) is 0. The number of carbonyl (C=O) groups excluding carboxylic acids is 2. The minimum absolute atomic E-state index is 0.229. The van der Waals surface area contributed by atoms with E-state index in [1.54, 1.807) is 0 Å². The van der Waals surface area contributed by atoms with Crippen LogP contribution < -0.4 is 4.74 Å². The molecule has 4 rings (SSSR count). The average molecular weight is 428 g/mol. The number of piperazine rings is 1. The highest BCUT2D eigenvalue weighted by Gasteiger charge is 2.34. The molecule has 6 nitrogen and oxygen atoms in total. The van der Waals surface area contributed by atoms with Crippen LogP contribution in [0.1, 0.15) is 57.1 Å². The topological polar surface area (TPSA) is 53.1 Å². The maximum Gasteiger partial charge on any atom is 0.226 e. The van der Waals surface area contributed by atoms with Crippen molar-refractivity contribution in [3.63, 3.8) is 0 Å². The van der Waals surface area contributed by atoms with Crippen molar-refractivity contribution >= 4 is 11.8 Å². The van der Waals surface area contributed by atoms with Crippen LogP contribution in [0.15, 0.2) is 18.2 Å².